The van der Waals surface area contributed by atoms with Gasteiger partial charge >= 0.3 is 5.97 Å². The van der Waals surface area contributed by atoms with Gasteiger partial charge in [-0.25, -0.2) is 4.98 Å². The second-order valence-corrected chi connectivity index (χ2v) is 9.87. The number of nitrogens with one attached hydrogen (secondary N) is 2. The molecule has 0 spiro atoms. The number of carbonyl (C=O) groups excluding carboxylic acids is 2. The first-order chi connectivity index (χ1) is 15.8. The van der Waals surface area contributed by atoms with E-state index in [4.69, 9.17) is 21.1 Å². The number of hydrogen-bond acceptors (Lipinski definition) is 8. The fraction of sp³-hybridized carbons (Fsp3) is 0.350. The van der Waals surface area contributed by atoms with E-state index < -0.39 is 29.2 Å². The third kappa shape index (κ3) is 5.08. The predicted molar refractivity (Wildman–Crippen MR) is 133 cm³/mol. The van der Waals surface area contributed by atoms with Gasteiger partial charge in [-0.2, -0.15) is 9.97 Å². The Morgan fingerprint density at radius 1 is 1.36 bits per heavy atom. The summed E-state index contributed by atoms with van der Waals surface area (Å²) in [5, 5.41) is 5.81. The third-order valence-electron chi connectivity index (χ3n) is 4.99. The number of imidazole rings is 1. The molecular weight excluding hydrogens is 631 g/mol. The van der Waals surface area contributed by atoms with Crippen LogP contribution in [0.1, 0.15) is 18.7 Å². The van der Waals surface area contributed by atoms with Gasteiger partial charge in [-0.15, -0.1) is 0 Å². The molecule has 10 nitrogen and oxygen atoms in total. The van der Waals surface area contributed by atoms with Crippen molar-refractivity contribution in [3.8, 4) is 0 Å². The van der Waals surface area contributed by atoms with Crippen LogP contribution in [0.25, 0.3) is 11.2 Å². The number of anilines is 1. The highest BCUT2D eigenvalue weighted by Gasteiger charge is 2.50. The molecule has 1 fully saturated rings. The van der Waals surface area contributed by atoms with Gasteiger partial charge in [-0.3, -0.25) is 14.2 Å². The number of nitrogens with zero attached hydrogens (tertiary/aromatic N) is 4. The minimum atomic E-state index is -0.891. The largest absolute Gasteiger partial charge is 0.456 e. The highest BCUT2D eigenvalue weighted by molar-refractivity contribution is 14.1. The highest BCUT2D eigenvalue weighted by atomic mass is 127. The molecular formula is C20H19BrClIN6O4. The quantitative estimate of drug-likeness (QED) is 0.181. The van der Waals surface area contributed by atoms with Crippen LogP contribution in [0.4, 0.5) is 5.82 Å². The summed E-state index contributed by atoms with van der Waals surface area (Å²) >= 11 is 11.9. The van der Waals surface area contributed by atoms with Gasteiger partial charge in [0.1, 0.15) is 0 Å². The monoisotopic (exact) mass is 648 g/mol. The highest BCUT2D eigenvalue weighted by Crippen LogP contribution is 2.38. The summed E-state index contributed by atoms with van der Waals surface area (Å²) in [5.41, 5.74) is 1.90. The Hall–Kier alpha value is -2.03. The van der Waals surface area contributed by atoms with Gasteiger partial charge in [0.05, 0.1) is 11.2 Å². The lowest BCUT2D eigenvalue weighted by Crippen LogP contribution is -2.39. The van der Waals surface area contributed by atoms with Crippen LogP contribution >= 0.6 is 50.1 Å². The van der Waals surface area contributed by atoms with Gasteiger partial charge < -0.3 is 20.1 Å². The number of hydrogen-bond donors (Lipinski definition) is 2. The number of esters is 1. The molecule has 3 heterocycles. The van der Waals surface area contributed by atoms with E-state index in [0.717, 1.165) is 9.13 Å². The number of amides is 1. The number of rotatable bonds is 6. The second-order valence-electron chi connectivity index (χ2n) is 7.23. The number of benzene rings is 1. The number of halogens is 3. The van der Waals surface area contributed by atoms with Crippen molar-refractivity contribution in [3.63, 3.8) is 0 Å². The summed E-state index contributed by atoms with van der Waals surface area (Å²) in [7, 11) is 1.50. The minimum absolute atomic E-state index is 0.00895. The molecule has 33 heavy (non-hydrogen) atoms. The molecule has 3 aromatic rings. The average molecular weight is 650 g/mol. The Kier molecular flexibility index (Phi) is 7.36. The normalized spacial score (nSPS) is 22.3. The number of ether oxygens (including phenoxy) is 2. The van der Waals surface area contributed by atoms with E-state index >= 15 is 0 Å². The molecule has 1 aromatic carbocycles. The third-order valence-corrected chi connectivity index (χ3v) is 6.84. The van der Waals surface area contributed by atoms with Gasteiger partial charge in [0.2, 0.25) is 11.2 Å². The molecule has 0 bridgehead atoms. The molecule has 13 heteroatoms. The van der Waals surface area contributed by atoms with Crippen molar-refractivity contribution in [2.24, 2.45) is 0 Å². The molecule has 2 aromatic heterocycles. The molecule has 4 rings (SSSR count). The fourth-order valence-corrected chi connectivity index (χ4v) is 5.06. The zero-order valence-corrected chi connectivity index (χ0v) is 22.0. The van der Waals surface area contributed by atoms with Crippen molar-refractivity contribution in [1.29, 1.82) is 0 Å². The molecule has 2 N–H and O–H groups in total. The molecule has 0 aliphatic carbocycles. The molecule has 4 atom stereocenters. The molecule has 1 aliphatic rings. The van der Waals surface area contributed by atoms with E-state index in [9.17, 15) is 9.59 Å². The molecule has 1 saturated heterocycles. The molecule has 0 saturated carbocycles. The van der Waals surface area contributed by atoms with Crippen LogP contribution < -0.4 is 10.6 Å². The van der Waals surface area contributed by atoms with Gasteiger partial charge in [-0.05, 0) is 51.9 Å². The molecule has 0 unspecified atom stereocenters. The topological polar surface area (TPSA) is 120 Å². The van der Waals surface area contributed by atoms with E-state index in [-0.39, 0.29) is 11.2 Å². The maximum atomic E-state index is 12.3. The van der Waals surface area contributed by atoms with Crippen LogP contribution in [-0.2, 0) is 25.6 Å². The van der Waals surface area contributed by atoms with Crippen molar-refractivity contribution >= 4 is 79.0 Å². The van der Waals surface area contributed by atoms with E-state index in [2.05, 4.69) is 70.2 Å². The van der Waals surface area contributed by atoms with Crippen LogP contribution in [0.15, 0.2) is 30.6 Å². The zero-order chi connectivity index (χ0) is 23.7. The Morgan fingerprint density at radius 3 is 2.85 bits per heavy atom. The summed E-state index contributed by atoms with van der Waals surface area (Å²) in [6.45, 7) is 1.80. The van der Waals surface area contributed by atoms with Crippen LogP contribution in [0.5, 0.6) is 0 Å². The first-order valence-corrected chi connectivity index (χ1v) is 12.2. The summed E-state index contributed by atoms with van der Waals surface area (Å²) in [5.74, 6) is -0.413. The van der Waals surface area contributed by atoms with E-state index in [1.165, 1.54) is 20.3 Å². The van der Waals surface area contributed by atoms with Crippen LogP contribution in [0.2, 0.25) is 5.28 Å². The average Bonchev–Trinajstić information content (AvgIpc) is 3.32. The first-order valence-electron chi connectivity index (χ1n) is 9.85. The Balaban J connectivity index is 1.69. The zero-order valence-electron chi connectivity index (χ0n) is 17.5. The van der Waals surface area contributed by atoms with Crippen LogP contribution in [0, 0.1) is 3.57 Å². The maximum absolute atomic E-state index is 12.3. The Labute approximate surface area is 216 Å². The van der Waals surface area contributed by atoms with Gasteiger partial charge in [-0.1, -0.05) is 28.1 Å². The van der Waals surface area contributed by atoms with Crippen molar-refractivity contribution in [2.75, 3.05) is 12.4 Å². The van der Waals surface area contributed by atoms with Crippen LogP contribution in [0.3, 0.4) is 0 Å². The van der Waals surface area contributed by atoms with Crippen molar-refractivity contribution < 1.29 is 19.1 Å². The Bertz CT molecular complexity index is 1210. The van der Waals surface area contributed by atoms with E-state index in [1.807, 2.05) is 18.2 Å². The first kappa shape index (κ1) is 24.1. The standard InChI is InChI=1S/C20H19BrClIN6O4/c1-9(30)32-15-12(21)14(18(31)24-2)33-19(15)29-8-26-13-16(27-20(22)28-17(13)29)25-7-10-4-3-5-11(23)6-10/h3-6,8,12,14-15,19H,7H2,1-2H3,(H,24,31)(H,25,27,28)/t12-,14-,15+,19+/m0/s1. The maximum Gasteiger partial charge on any atom is 0.303 e. The van der Waals surface area contributed by atoms with Crippen LogP contribution in [-0.4, -0.2) is 55.5 Å². The van der Waals surface area contributed by atoms with Crippen molar-refractivity contribution in [2.45, 2.75) is 36.7 Å². The molecule has 0 radical (unpaired) electrons. The lowest BCUT2D eigenvalue weighted by atomic mass is 10.1. The van der Waals surface area contributed by atoms with E-state index in [1.54, 1.807) is 4.57 Å². The minimum Gasteiger partial charge on any atom is -0.456 e. The molecule has 1 amide bonds. The van der Waals surface area contributed by atoms with Gasteiger partial charge in [0, 0.05) is 24.1 Å². The lowest BCUT2D eigenvalue weighted by molar-refractivity contribution is -0.152. The second kappa shape index (κ2) is 10.1. The summed E-state index contributed by atoms with van der Waals surface area (Å²) in [6.07, 6.45) is -1.06. The Morgan fingerprint density at radius 2 is 2.15 bits per heavy atom. The molecule has 174 valence electrons. The fourth-order valence-electron chi connectivity index (χ4n) is 3.55. The number of alkyl halides is 1. The van der Waals surface area contributed by atoms with Crippen molar-refractivity contribution in [3.05, 3.63) is 45.0 Å². The van der Waals surface area contributed by atoms with E-state index in [0.29, 0.717) is 23.5 Å². The smallest absolute Gasteiger partial charge is 0.303 e. The summed E-state index contributed by atoms with van der Waals surface area (Å²) in [4.78, 5) is 36.5. The van der Waals surface area contributed by atoms with Gasteiger partial charge in [0.25, 0.3) is 0 Å². The number of fused-ring (bicyclic) bond motifs is 1. The number of likely N-dealkylation sites (N-methyl/N-ethyl adjacent to an activating group) is 1. The molecule has 1 aliphatic heterocycles. The van der Waals surface area contributed by atoms with Gasteiger partial charge in [0.15, 0.2) is 35.4 Å². The SMILES string of the molecule is CNC(=O)[C@H]1O[C@@H](n2cnc3c(NCc4cccc(I)c4)nc(Cl)nc32)[C@H](OC(C)=O)[C@H]1Br. The van der Waals surface area contributed by atoms with Crippen molar-refractivity contribution in [1.82, 2.24) is 24.8 Å². The summed E-state index contributed by atoms with van der Waals surface area (Å²) < 4.78 is 14.2. The predicted octanol–water partition coefficient (Wildman–Crippen LogP) is 3.04. The lowest BCUT2D eigenvalue weighted by Gasteiger charge is -2.21. The number of carbonyl (C=O) groups is 2. The summed E-state index contributed by atoms with van der Waals surface area (Å²) in [6, 6.07) is 8.04. The number of aromatic nitrogens is 4.